The molecule has 0 atom stereocenters. The van der Waals surface area contributed by atoms with Crippen LogP contribution in [-0.4, -0.2) is 18.4 Å². The van der Waals surface area contributed by atoms with Crippen molar-refractivity contribution in [1.29, 1.82) is 0 Å². The maximum Gasteiger partial charge on any atom is 0.258 e. The number of aryl methyl sites for hydroxylation is 1. The Balaban J connectivity index is 1.46. The van der Waals surface area contributed by atoms with Crippen LogP contribution in [0.2, 0.25) is 0 Å². The highest BCUT2D eigenvalue weighted by Gasteiger charge is 2.07. The number of benzene rings is 3. The molecule has 3 aromatic carbocycles. The van der Waals surface area contributed by atoms with Crippen LogP contribution < -0.4 is 15.4 Å². The Labute approximate surface area is 164 Å². The quantitative estimate of drug-likeness (QED) is 0.658. The number of amides is 2. The van der Waals surface area contributed by atoms with Crippen LogP contribution in [0, 0.1) is 6.92 Å². The minimum atomic E-state index is -0.204. The Morgan fingerprint density at radius 2 is 1.54 bits per heavy atom. The van der Waals surface area contributed by atoms with Gasteiger partial charge in [-0.3, -0.25) is 9.59 Å². The molecule has 5 heteroatoms. The maximum absolute atomic E-state index is 12.3. The van der Waals surface area contributed by atoms with E-state index in [0.717, 1.165) is 16.8 Å². The second-order valence-electron chi connectivity index (χ2n) is 6.40. The molecule has 0 saturated heterocycles. The third-order valence-electron chi connectivity index (χ3n) is 4.13. The molecule has 0 aliphatic rings. The topological polar surface area (TPSA) is 67.4 Å². The lowest BCUT2D eigenvalue weighted by Crippen LogP contribution is -2.28. The van der Waals surface area contributed by atoms with Crippen molar-refractivity contribution in [1.82, 2.24) is 5.32 Å². The number of rotatable bonds is 7. The molecule has 0 saturated carbocycles. The van der Waals surface area contributed by atoms with Crippen LogP contribution in [0.25, 0.3) is 0 Å². The van der Waals surface area contributed by atoms with Gasteiger partial charge in [-0.2, -0.15) is 0 Å². The van der Waals surface area contributed by atoms with Crippen molar-refractivity contribution in [2.45, 2.75) is 13.5 Å². The number of carbonyl (C=O) groups excluding carboxylic acids is 2. The molecule has 0 aromatic heterocycles. The van der Waals surface area contributed by atoms with Gasteiger partial charge >= 0.3 is 0 Å². The molecule has 0 radical (unpaired) electrons. The first kappa shape index (κ1) is 19.2. The van der Waals surface area contributed by atoms with E-state index in [4.69, 9.17) is 4.74 Å². The number of ether oxygens (including phenoxy) is 1. The van der Waals surface area contributed by atoms with Crippen molar-refractivity contribution >= 4 is 17.5 Å². The van der Waals surface area contributed by atoms with Crippen molar-refractivity contribution < 1.29 is 14.3 Å². The highest BCUT2D eigenvalue weighted by molar-refractivity contribution is 6.04. The van der Waals surface area contributed by atoms with Gasteiger partial charge in [0.25, 0.3) is 11.8 Å². The Morgan fingerprint density at radius 1 is 0.857 bits per heavy atom. The first-order chi connectivity index (χ1) is 13.6. The van der Waals surface area contributed by atoms with Crippen molar-refractivity contribution in [3.8, 4) is 5.75 Å². The van der Waals surface area contributed by atoms with Gasteiger partial charge in [-0.05, 0) is 48.9 Å². The molecule has 0 aliphatic heterocycles. The number of hydrogen-bond donors (Lipinski definition) is 2. The predicted molar refractivity (Wildman–Crippen MR) is 109 cm³/mol. The summed E-state index contributed by atoms with van der Waals surface area (Å²) >= 11 is 0. The van der Waals surface area contributed by atoms with E-state index in [9.17, 15) is 9.59 Å². The summed E-state index contributed by atoms with van der Waals surface area (Å²) in [6, 6.07) is 24.0. The fraction of sp³-hybridized carbons (Fsp3) is 0.130. The standard InChI is InChI=1S/C23H22N2O3/c1-17-7-11-20(12-8-17)25-23(27)19-9-13-21(14-10-19)28-16-22(26)24-15-18-5-3-2-4-6-18/h2-14H,15-16H2,1H3,(H,24,26)(H,25,27). The minimum Gasteiger partial charge on any atom is -0.484 e. The summed E-state index contributed by atoms with van der Waals surface area (Å²) in [6.07, 6.45) is 0. The lowest BCUT2D eigenvalue weighted by molar-refractivity contribution is -0.123. The molecule has 0 bridgehead atoms. The number of anilines is 1. The molecule has 28 heavy (non-hydrogen) atoms. The number of carbonyl (C=O) groups is 2. The molecule has 3 aromatic rings. The van der Waals surface area contributed by atoms with E-state index in [-0.39, 0.29) is 18.4 Å². The average molecular weight is 374 g/mol. The lowest BCUT2D eigenvalue weighted by Gasteiger charge is -2.09. The van der Waals surface area contributed by atoms with Crippen molar-refractivity contribution in [2.75, 3.05) is 11.9 Å². The van der Waals surface area contributed by atoms with Gasteiger partial charge in [0.2, 0.25) is 0 Å². The van der Waals surface area contributed by atoms with Gasteiger partial charge in [-0.15, -0.1) is 0 Å². The van der Waals surface area contributed by atoms with Crippen LogP contribution in [0.3, 0.4) is 0 Å². The van der Waals surface area contributed by atoms with Crippen LogP contribution >= 0.6 is 0 Å². The first-order valence-electron chi connectivity index (χ1n) is 9.02. The van der Waals surface area contributed by atoms with Crippen LogP contribution in [0.4, 0.5) is 5.69 Å². The largest absolute Gasteiger partial charge is 0.484 e. The van der Waals surface area contributed by atoms with E-state index in [0.29, 0.717) is 17.9 Å². The van der Waals surface area contributed by atoms with E-state index in [1.165, 1.54) is 0 Å². The summed E-state index contributed by atoms with van der Waals surface area (Å²) in [5.74, 6) is 0.128. The Morgan fingerprint density at radius 3 is 2.21 bits per heavy atom. The third kappa shape index (κ3) is 5.71. The molecular formula is C23H22N2O3. The van der Waals surface area contributed by atoms with Gasteiger partial charge in [-0.25, -0.2) is 0 Å². The van der Waals surface area contributed by atoms with Gasteiger partial charge in [0.15, 0.2) is 6.61 Å². The van der Waals surface area contributed by atoms with Crippen LogP contribution in [0.5, 0.6) is 5.75 Å². The Bertz CT molecular complexity index is 920. The molecule has 3 rings (SSSR count). The summed E-state index contributed by atoms with van der Waals surface area (Å²) in [7, 11) is 0. The summed E-state index contributed by atoms with van der Waals surface area (Å²) in [4.78, 5) is 24.2. The highest BCUT2D eigenvalue weighted by Crippen LogP contribution is 2.15. The van der Waals surface area contributed by atoms with Crippen LogP contribution in [0.1, 0.15) is 21.5 Å². The summed E-state index contributed by atoms with van der Waals surface area (Å²) in [5, 5.41) is 5.65. The zero-order chi connectivity index (χ0) is 19.8. The second-order valence-corrected chi connectivity index (χ2v) is 6.40. The van der Waals surface area contributed by atoms with Crippen molar-refractivity contribution in [3.63, 3.8) is 0 Å². The zero-order valence-corrected chi connectivity index (χ0v) is 15.6. The normalized spacial score (nSPS) is 10.2. The van der Waals surface area contributed by atoms with E-state index in [1.807, 2.05) is 61.5 Å². The molecular weight excluding hydrogens is 352 g/mol. The Hall–Kier alpha value is -3.60. The van der Waals surface area contributed by atoms with Gasteiger partial charge in [0, 0.05) is 17.8 Å². The molecule has 0 unspecified atom stereocenters. The van der Waals surface area contributed by atoms with E-state index in [1.54, 1.807) is 24.3 Å². The van der Waals surface area contributed by atoms with Crippen molar-refractivity contribution in [2.24, 2.45) is 0 Å². The predicted octanol–water partition coefficient (Wildman–Crippen LogP) is 3.94. The smallest absolute Gasteiger partial charge is 0.258 e. The summed E-state index contributed by atoms with van der Waals surface area (Å²) in [5.41, 5.74) is 3.42. The minimum absolute atomic E-state index is 0.0816. The van der Waals surface area contributed by atoms with Crippen molar-refractivity contribution in [3.05, 3.63) is 95.6 Å². The molecule has 2 N–H and O–H groups in total. The molecule has 5 nitrogen and oxygen atoms in total. The number of nitrogens with one attached hydrogen (secondary N) is 2. The average Bonchev–Trinajstić information content (AvgIpc) is 2.73. The zero-order valence-electron chi connectivity index (χ0n) is 15.6. The summed E-state index contributed by atoms with van der Waals surface area (Å²) < 4.78 is 5.48. The third-order valence-corrected chi connectivity index (χ3v) is 4.13. The molecule has 142 valence electrons. The van der Waals surface area contributed by atoms with Gasteiger partial charge < -0.3 is 15.4 Å². The maximum atomic E-state index is 12.3. The Kier molecular flexibility index (Phi) is 6.41. The van der Waals surface area contributed by atoms with Gasteiger partial charge in [0.1, 0.15) is 5.75 Å². The fourth-order valence-corrected chi connectivity index (χ4v) is 2.54. The van der Waals surface area contributed by atoms with Crippen LogP contribution in [-0.2, 0) is 11.3 Å². The van der Waals surface area contributed by atoms with E-state index >= 15 is 0 Å². The highest BCUT2D eigenvalue weighted by atomic mass is 16.5. The van der Waals surface area contributed by atoms with Gasteiger partial charge in [-0.1, -0.05) is 48.0 Å². The van der Waals surface area contributed by atoms with Crippen LogP contribution in [0.15, 0.2) is 78.9 Å². The molecule has 0 aliphatic carbocycles. The van der Waals surface area contributed by atoms with E-state index in [2.05, 4.69) is 10.6 Å². The first-order valence-corrected chi connectivity index (χ1v) is 9.02. The molecule has 0 fully saturated rings. The second kappa shape index (κ2) is 9.37. The van der Waals surface area contributed by atoms with Gasteiger partial charge in [0.05, 0.1) is 0 Å². The molecule has 0 heterocycles. The SMILES string of the molecule is Cc1ccc(NC(=O)c2ccc(OCC(=O)NCc3ccccc3)cc2)cc1. The lowest BCUT2D eigenvalue weighted by atomic mass is 10.2. The fourth-order valence-electron chi connectivity index (χ4n) is 2.54. The number of hydrogen-bond acceptors (Lipinski definition) is 3. The molecule has 0 spiro atoms. The monoisotopic (exact) mass is 374 g/mol. The summed E-state index contributed by atoms with van der Waals surface area (Å²) in [6.45, 7) is 2.37. The molecule has 2 amide bonds. The van der Waals surface area contributed by atoms with E-state index < -0.39 is 0 Å².